The number of hydrogen-bond donors (Lipinski definition) is 0. The zero-order valence-corrected chi connectivity index (χ0v) is 6.74. The maximum Gasteiger partial charge on any atom is 0.132 e. The fraction of sp³-hybridized carbons (Fsp3) is 0.889. The van der Waals surface area contributed by atoms with Crippen LogP contribution in [-0.4, -0.2) is 5.78 Å². The highest BCUT2D eigenvalue weighted by atomic mass is 16.1. The van der Waals surface area contributed by atoms with Gasteiger partial charge in [0.2, 0.25) is 0 Å². The lowest BCUT2D eigenvalue weighted by molar-refractivity contribution is -0.118. The van der Waals surface area contributed by atoms with Crippen molar-refractivity contribution < 1.29 is 10.3 Å². The maximum atomic E-state index is 11.3. The summed E-state index contributed by atoms with van der Waals surface area (Å²) in [6.45, 7) is 3.10. The van der Waals surface area contributed by atoms with Crippen molar-refractivity contribution in [1.29, 1.82) is 0 Å². The van der Waals surface area contributed by atoms with Gasteiger partial charge in [0.15, 0.2) is 0 Å². The number of ketones is 1. The first-order valence-electron chi connectivity index (χ1n) is 5.76. The Morgan fingerprint density at radius 1 is 1.30 bits per heavy atom. The van der Waals surface area contributed by atoms with Gasteiger partial charge >= 0.3 is 0 Å². The van der Waals surface area contributed by atoms with Crippen LogP contribution in [0.4, 0.5) is 0 Å². The first-order valence-corrected chi connectivity index (χ1v) is 3.76. The van der Waals surface area contributed by atoms with E-state index in [1.165, 1.54) is 0 Å². The Morgan fingerprint density at radius 2 is 2.00 bits per heavy atom. The monoisotopic (exact) mass is 146 g/mol. The molecule has 0 aromatic carbocycles. The number of rotatable bonds is 6. The highest BCUT2D eigenvalue weighted by Gasteiger charge is 1.95. The fourth-order valence-electron chi connectivity index (χ4n) is 0.665. The third-order valence-corrected chi connectivity index (χ3v) is 1.29. The maximum absolute atomic E-state index is 11.3. The number of Topliss-reactive ketones (excluding diaryl/α,β-unsaturated/α-hetero) is 1. The van der Waals surface area contributed by atoms with Gasteiger partial charge in [-0.15, -0.1) is 0 Å². The second-order valence-electron chi connectivity index (χ2n) is 2.21. The van der Waals surface area contributed by atoms with Crippen molar-refractivity contribution in [3.05, 3.63) is 0 Å². The third-order valence-electron chi connectivity index (χ3n) is 1.29. The van der Waals surface area contributed by atoms with Crippen LogP contribution in [0.1, 0.15) is 57.8 Å². The molecule has 0 radical (unpaired) electrons. The van der Waals surface area contributed by atoms with Crippen LogP contribution < -0.4 is 0 Å². The van der Waals surface area contributed by atoms with Gasteiger partial charge in [-0.2, -0.15) is 0 Å². The van der Waals surface area contributed by atoms with Crippen LogP contribution in [0.5, 0.6) is 0 Å². The van der Waals surface area contributed by atoms with Gasteiger partial charge < -0.3 is 0 Å². The van der Waals surface area contributed by atoms with Gasteiger partial charge in [-0.25, -0.2) is 0 Å². The van der Waals surface area contributed by atoms with Crippen molar-refractivity contribution in [1.82, 2.24) is 0 Å². The summed E-state index contributed by atoms with van der Waals surface area (Å²) >= 11 is 0. The minimum Gasteiger partial charge on any atom is -0.300 e. The van der Waals surface area contributed by atoms with Crippen molar-refractivity contribution >= 4 is 5.78 Å². The zero-order valence-electron chi connectivity index (χ0n) is 10.7. The second-order valence-corrected chi connectivity index (χ2v) is 2.21. The van der Waals surface area contributed by atoms with Crippen molar-refractivity contribution in [3.8, 4) is 0 Å². The lowest BCUT2D eigenvalue weighted by Gasteiger charge is -1.96. The summed E-state index contributed by atoms with van der Waals surface area (Å²) in [5.41, 5.74) is 0. The predicted molar refractivity (Wildman–Crippen MR) is 44.1 cm³/mol. The zero-order chi connectivity index (χ0) is 11.4. The van der Waals surface area contributed by atoms with E-state index in [2.05, 4.69) is 0 Å². The summed E-state index contributed by atoms with van der Waals surface area (Å²) in [7, 11) is 0. The molecule has 0 aliphatic heterocycles. The van der Waals surface area contributed by atoms with E-state index in [4.69, 9.17) is 5.48 Å². The molecule has 0 spiro atoms. The predicted octanol–water partition coefficient (Wildman–Crippen LogP) is 2.94. The average molecular weight is 146 g/mol. The van der Waals surface area contributed by atoms with Crippen molar-refractivity contribution in [2.24, 2.45) is 0 Å². The van der Waals surface area contributed by atoms with Crippen LogP contribution in [0.15, 0.2) is 0 Å². The minimum absolute atomic E-state index is 0.118. The van der Waals surface area contributed by atoms with Crippen molar-refractivity contribution in [3.63, 3.8) is 0 Å². The van der Waals surface area contributed by atoms with E-state index < -0.39 is 18.5 Å². The third kappa shape index (κ3) is 5.80. The molecule has 1 nitrogen and oxygen atoms in total. The molecule has 0 bridgehead atoms. The summed E-state index contributed by atoms with van der Waals surface area (Å²) in [6, 6.07) is 0. The highest BCUT2D eigenvalue weighted by molar-refractivity contribution is 5.77. The van der Waals surface area contributed by atoms with E-state index in [1.54, 1.807) is 0 Å². The molecule has 0 amide bonds. The number of unbranched alkanes of at least 4 members (excludes halogenated alkanes) is 2. The lowest BCUT2D eigenvalue weighted by atomic mass is 10.1. The summed E-state index contributed by atoms with van der Waals surface area (Å²) in [6.07, 6.45) is -1.51. The molecule has 0 N–H and O–H groups in total. The number of hydrogen-bond acceptors (Lipinski definition) is 1. The summed E-state index contributed by atoms with van der Waals surface area (Å²) in [4.78, 5) is 11.3. The summed E-state index contributed by atoms with van der Waals surface area (Å²) in [5, 5.41) is 0. The van der Waals surface area contributed by atoms with Gasteiger partial charge in [0.25, 0.3) is 0 Å². The van der Waals surface area contributed by atoms with Gasteiger partial charge in [-0.3, -0.25) is 4.79 Å². The minimum atomic E-state index is -2.07. The summed E-state index contributed by atoms with van der Waals surface area (Å²) < 4.78 is 29.2. The van der Waals surface area contributed by atoms with Crippen molar-refractivity contribution in [2.75, 3.05) is 0 Å². The standard InChI is InChI=1S/C9H18O/c1-3-5-6-7-8-9(10)4-2/h3-8H2,1-2H3/i4D2,8D2. The molecule has 0 heterocycles. The molecule has 0 unspecified atom stereocenters. The molecule has 0 saturated heterocycles. The van der Waals surface area contributed by atoms with E-state index in [0.29, 0.717) is 6.42 Å². The van der Waals surface area contributed by atoms with E-state index in [9.17, 15) is 4.79 Å². The number of carbonyl (C=O) groups excluding carboxylic acids is 1. The van der Waals surface area contributed by atoms with Gasteiger partial charge in [0, 0.05) is 18.2 Å². The smallest absolute Gasteiger partial charge is 0.132 e. The molecule has 0 aromatic rings. The van der Waals surface area contributed by atoms with Crippen LogP contribution in [0.2, 0.25) is 0 Å². The molecular weight excluding hydrogens is 124 g/mol. The van der Waals surface area contributed by atoms with Crippen LogP contribution >= 0.6 is 0 Å². The Kier molecular flexibility index (Phi) is 3.07. The van der Waals surface area contributed by atoms with Crippen LogP contribution in [0, 0.1) is 0 Å². The summed E-state index contributed by atoms with van der Waals surface area (Å²) in [5.74, 6) is -0.943. The lowest BCUT2D eigenvalue weighted by Crippen LogP contribution is -1.93. The first-order chi connectivity index (χ1) is 6.22. The molecule has 1 heteroatoms. The Labute approximate surface area is 69.4 Å². The van der Waals surface area contributed by atoms with E-state index >= 15 is 0 Å². The van der Waals surface area contributed by atoms with Gasteiger partial charge in [0.05, 0.1) is 0 Å². The SMILES string of the molecule is [2H]C([2H])(C)C(=O)C([2H])([2H])CCCCC. The normalized spacial score (nSPS) is 18.6. The van der Waals surface area contributed by atoms with Gasteiger partial charge in [0.1, 0.15) is 5.78 Å². The Hall–Kier alpha value is -0.330. The molecule has 0 fully saturated rings. The van der Waals surface area contributed by atoms with Crippen LogP contribution in [0.3, 0.4) is 0 Å². The fourth-order valence-corrected chi connectivity index (χ4v) is 0.665. The molecule has 60 valence electrons. The largest absolute Gasteiger partial charge is 0.300 e. The van der Waals surface area contributed by atoms with E-state index in [0.717, 1.165) is 19.8 Å². The van der Waals surface area contributed by atoms with Crippen LogP contribution in [0.25, 0.3) is 0 Å². The highest BCUT2D eigenvalue weighted by Crippen LogP contribution is 2.03. The Morgan fingerprint density at radius 3 is 2.50 bits per heavy atom. The molecule has 0 aromatic heterocycles. The quantitative estimate of drug-likeness (QED) is 0.526. The second kappa shape index (κ2) is 6.79. The molecule has 0 aliphatic rings. The molecule has 0 rings (SSSR count). The average Bonchev–Trinajstić information content (AvgIpc) is 2.01. The Bertz CT molecular complexity index is 195. The molecule has 0 aliphatic carbocycles. The van der Waals surface area contributed by atoms with E-state index in [-0.39, 0.29) is 6.42 Å². The Balaban J connectivity index is 4.24. The molecule has 0 atom stereocenters. The molecule has 0 saturated carbocycles. The number of carbonyl (C=O) groups is 1. The van der Waals surface area contributed by atoms with Crippen molar-refractivity contribution in [2.45, 2.75) is 52.3 Å². The van der Waals surface area contributed by atoms with Crippen LogP contribution in [-0.2, 0) is 4.79 Å². The molecular formula is C9H18O. The topological polar surface area (TPSA) is 17.1 Å². The van der Waals surface area contributed by atoms with Gasteiger partial charge in [-0.1, -0.05) is 33.1 Å². The molecule has 10 heavy (non-hydrogen) atoms. The first kappa shape index (κ1) is 4.53. The van der Waals surface area contributed by atoms with Gasteiger partial charge in [-0.05, 0) is 6.42 Å². The van der Waals surface area contributed by atoms with E-state index in [1.807, 2.05) is 6.92 Å².